The van der Waals surface area contributed by atoms with Crippen LogP contribution in [0.1, 0.15) is 73.1 Å². The lowest BCUT2D eigenvalue weighted by Gasteiger charge is -2.32. The molecule has 3 heterocycles. The van der Waals surface area contributed by atoms with Gasteiger partial charge in [-0.25, -0.2) is 14.8 Å². The molecule has 0 spiro atoms. The fraction of sp³-hybridized carbons (Fsp3) is 0.636. The van der Waals surface area contributed by atoms with Gasteiger partial charge >= 0.3 is 5.97 Å². The molecule has 2 atom stereocenters. The molecule has 1 saturated heterocycles. The van der Waals surface area contributed by atoms with Gasteiger partial charge in [0.15, 0.2) is 6.10 Å². The van der Waals surface area contributed by atoms with E-state index in [1.807, 2.05) is 45.0 Å². The minimum absolute atomic E-state index is 0.120. The summed E-state index contributed by atoms with van der Waals surface area (Å²) < 4.78 is 16.6. The van der Waals surface area contributed by atoms with Crippen molar-refractivity contribution in [1.29, 1.82) is 5.26 Å². The standard InChI is InChI=1S/C33H47ClN6O4/c1-22(19-43-23(2)31(41)44-32(3,4)5)38-24-9-11-25(12-10-24)39-30-17-26(27(34)18-36-30)28-7-6-8-29(40-28)37-21-33(20-35)13-15-42-16-14-33/h6-8,17-18,22-25,38H,9-16,19,21H2,1-5H3,(H,36,39)(H,37,40)/t22-,23+,24-,25-/m0/s1. The second-order valence-electron chi connectivity index (χ2n) is 13.1. The van der Waals surface area contributed by atoms with Crippen LogP contribution in [-0.2, 0) is 19.0 Å². The van der Waals surface area contributed by atoms with Gasteiger partial charge in [-0.2, -0.15) is 5.26 Å². The van der Waals surface area contributed by atoms with Crippen molar-refractivity contribution < 1.29 is 19.0 Å². The Hall–Kier alpha value is -2.97. The minimum atomic E-state index is -0.600. The average molecular weight is 627 g/mol. The first kappa shape index (κ1) is 33.9. The lowest BCUT2D eigenvalue weighted by atomic mass is 9.82. The molecular weight excluding hydrogens is 580 g/mol. The Morgan fingerprint density at radius 2 is 1.86 bits per heavy atom. The third-order valence-electron chi connectivity index (χ3n) is 8.11. The number of carbonyl (C=O) groups is 1. The number of nitrogens with one attached hydrogen (secondary N) is 3. The van der Waals surface area contributed by atoms with Gasteiger partial charge in [0.2, 0.25) is 0 Å². The summed E-state index contributed by atoms with van der Waals surface area (Å²) in [6.07, 6.45) is 6.54. The van der Waals surface area contributed by atoms with Crippen molar-refractivity contribution in [2.24, 2.45) is 5.41 Å². The van der Waals surface area contributed by atoms with Crippen molar-refractivity contribution >= 4 is 29.2 Å². The van der Waals surface area contributed by atoms with Crippen LogP contribution in [0.3, 0.4) is 0 Å². The van der Waals surface area contributed by atoms with Crippen molar-refractivity contribution in [3.63, 3.8) is 0 Å². The number of anilines is 2. The largest absolute Gasteiger partial charge is 0.458 e. The van der Waals surface area contributed by atoms with Crippen LogP contribution in [-0.4, -0.2) is 72.1 Å². The molecule has 1 saturated carbocycles. The minimum Gasteiger partial charge on any atom is -0.458 e. The zero-order valence-electron chi connectivity index (χ0n) is 26.6. The predicted octanol–water partition coefficient (Wildman–Crippen LogP) is 5.98. The second-order valence-corrected chi connectivity index (χ2v) is 13.5. The Balaban J connectivity index is 1.26. The highest BCUT2D eigenvalue weighted by molar-refractivity contribution is 6.33. The van der Waals surface area contributed by atoms with Crippen LogP contribution in [0.4, 0.5) is 11.6 Å². The highest BCUT2D eigenvalue weighted by Crippen LogP contribution is 2.32. The predicted molar refractivity (Wildman–Crippen MR) is 173 cm³/mol. The Labute approximate surface area is 266 Å². The molecule has 2 fully saturated rings. The van der Waals surface area contributed by atoms with Crippen LogP contribution in [0, 0.1) is 16.7 Å². The average Bonchev–Trinajstić information content (AvgIpc) is 3.00. The second kappa shape index (κ2) is 15.3. The number of carbonyl (C=O) groups excluding carboxylic acids is 1. The summed E-state index contributed by atoms with van der Waals surface area (Å²) in [6.45, 7) is 11.5. The Kier molecular flexibility index (Phi) is 11.8. The van der Waals surface area contributed by atoms with E-state index in [9.17, 15) is 10.1 Å². The summed E-state index contributed by atoms with van der Waals surface area (Å²) in [6, 6.07) is 11.0. The van der Waals surface area contributed by atoms with Crippen molar-refractivity contribution in [3.05, 3.63) is 35.5 Å². The van der Waals surface area contributed by atoms with Gasteiger partial charge in [-0.05, 0) is 91.3 Å². The molecule has 11 heteroatoms. The number of aromatic nitrogens is 2. The van der Waals surface area contributed by atoms with Gasteiger partial charge in [0, 0.05) is 49.6 Å². The zero-order valence-corrected chi connectivity index (χ0v) is 27.4. The third-order valence-corrected chi connectivity index (χ3v) is 8.41. The molecule has 10 nitrogen and oxygen atoms in total. The first-order chi connectivity index (χ1) is 20.9. The molecule has 4 rings (SSSR count). The lowest BCUT2D eigenvalue weighted by Crippen LogP contribution is -2.44. The fourth-order valence-corrected chi connectivity index (χ4v) is 5.75. The molecule has 3 N–H and O–H groups in total. The highest BCUT2D eigenvalue weighted by atomic mass is 35.5. The Morgan fingerprint density at radius 1 is 1.16 bits per heavy atom. The molecule has 0 radical (unpaired) electrons. The number of pyridine rings is 2. The summed E-state index contributed by atoms with van der Waals surface area (Å²) >= 11 is 6.58. The maximum absolute atomic E-state index is 12.2. The first-order valence-corrected chi connectivity index (χ1v) is 16.1. The van der Waals surface area contributed by atoms with E-state index in [2.05, 4.69) is 33.9 Å². The van der Waals surface area contributed by atoms with Gasteiger partial charge in [0.05, 0.1) is 28.8 Å². The number of rotatable bonds is 12. The lowest BCUT2D eigenvalue weighted by molar-refractivity contribution is -0.167. The van der Waals surface area contributed by atoms with E-state index in [-0.39, 0.29) is 12.0 Å². The van der Waals surface area contributed by atoms with E-state index in [0.29, 0.717) is 62.1 Å². The van der Waals surface area contributed by atoms with Crippen LogP contribution in [0.2, 0.25) is 5.02 Å². The van der Waals surface area contributed by atoms with E-state index in [0.717, 1.165) is 42.8 Å². The monoisotopic (exact) mass is 626 g/mol. The van der Waals surface area contributed by atoms with E-state index < -0.39 is 17.1 Å². The number of nitriles is 1. The van der Waals surface area contributed by atoms with Gasteiger partial charge < -0.3 is 30.2 Å². The molecule has 2 aliphatic rings. The normalized spacial score (nSPS) is 21.5. The van der Waals surface area contributed by atoms with E-state index >= 15 is 0 Å². The van der Waals surface area contributed by atoms with Crippen LogP contribution in [0.25, 0.3) is 11.3 Å². The Bertz CT molecular complexity index is 1280. The van der Waals surface area contributed by atoms with E-state index in [4.69, 9.17) is 30.8 Å². The van der Waals surface area contributed by atoms with Crippen LogP contribution in [0.15, 0.2) is 30.5 Å². The molecular formula is C33H47ClN6O4. The molecule has 1 aliphatic heterocycles. The van der Waals surface area contributed by atoms with Crippen molar-refractivity contribution in [3.8, 4) is 17.3 Å². The third kappa shape index (κ3) is 10.0. The number of ether oxygens (including phenoxy) is 3. The molecule has 1 aliphatic carbocycles. The number of hydrogen-bond acceptors (Lipinski definition) is 10. The molecule has 44 heavy (non-hydrogen) atoms. The molecule has 2 aromatic heterocycles. The van der Waals surface area contributed by atoms with Gasteiger partial charge in [-0.3, -0.25) is 0 Å². The van der Waals surface area contributed by atoms with Crippen LogP contribution >= 0.6 is 11.6 Å². The van der Waals surface area contributed by atoms with Crippen LogP contribution in [0.5, 0.6) is 0 Å². The highest BCUT2D eigenvalue weighted by Gasteiger charge is 2.32. The van der Waals surface area contributed by atoms with Gasteiger partial charge in [0.1, 0.15) is 17.2 Å². The van der Waals surface area contributed by atoms with Crippen molar-refractivity contribution in [2.45, 2.75) is 103 Å². The van der Waals surface area contributed by atoms with Gasteiger partial charge in [-0.15, -0.1) is 0 Å². The Morgan fingerprint density at radius 3 is 2.55 bits per heavy atom. The summed E-state index contributed by atoms with van der Waals surface area (Å²) in [7, 11) is 0. The SMILES string of the molecule is C[C@@H](CO[C@H](C)C(=O)OC(C)(C)C)N[C@H]1CC[C@H](Nc2cc(-c3cccc(NCC4(C#N)CCOCC4)n3)c(Cl)cn2)CC1. The molecule has 0 unspecified atom stereocenters. The topological polar surface area (TPSA) is 130 Å². The fourth-order valence-electron chi connectivity index (χ4n) is 5.55. The number of nitrogens with zero attached hydrogens (tertiary/aromatic N) is 3. The summed E-state index contributed by atoms with van der Waals surface area (Å²) in [5.41, 5.74) is 0.580. The quantitative estimate of drug-likeness (QED) is 0.242. The van der Waals surface area contributed by atoms with E-state index in [1.54, 1.807) is 13.1 Å². The van der Waals surface area contributed by atoms with Crippen molar-refractivity contribution in [1.82, 2.24) is 15.3 Å². The zero-order chi connectivity index (χ0) is 31.7. The number of esters is 1. The smallest absolute Gasteiger partial charge is 0.335 e. The number of halogens is 1. The molecule has 240 valence electrons. The summed E-state index contributed by atoms with van der Waals surface area (Å²) in [4.78, 5) is 21.5. The van der Waals surface area contributed by atoms with E-state index in [1.165, 1.54) is 0 Å². The first-order valence-electron chi connectivity index (χ1n) is 15.7. The van der Waals surface area contributed by atoms with Gasteiger partial charge in [0.25, 0.3) is 0 Å². The molecule has 0 bridgehead atoms. The molecule has 2 aromatic rings. The van der Waals surface area contributed by atoms with Crippen molar-refractivity contribution in [2.75, 3.05) is 37.0 Å². The summed E-state index contributed by atoms with van der Waals surface area (Å²) in [5, 5.41) is 20.9. The maximum atomic E-state index is 12.2. The summed E-state index contributed by atoms with van der Waals surface area (Å²) in [5.74, 6) is 1.13. The number of hydrogen-bond donors (Lipinski definition) is 3. The van der Waals surface area contributed by atoms with Crippen LogP contribution < -0.4 is 16.0 Å². The molecule has 0 aromatic carbocycles. The molecule has 0 amide bonds. The van der Waals surface area contributed by atoms with Gasteiger partial charge in [-0.1, -0.05) is 17.7 Å². The maximum Gasteiger partial charge on any atom is 0.335 e.